The number of anilines is 1. The number of allylic oxidation sites excluding steroid dienone is 1. The molecule has 1 unspecified atom stereocenters. The van der Waals surface area contributed by atoms with Gasteiger partial charge < -0.3 is 9.64 Å². The van der Waals surface area contributed by atoms with Gasteiger partial charge in [0.2, 0.25) is 5.91 Å². The molecule has 2 aliphatic heterocycles. The van der Waals surface area contributed by atoms with Crippen molar-refractivity contribution in [2.75, 3.05) is 24.6 Å². The van der Waals surface area contributed by atoms with Crippen molar-refractivity contribution < 1.29 is 9.53 Å². The van der Waals surface area contributed by atoms with Crippen molar-refractivity contribution in [3.05, 3.63) is 69.8 Å². The van der Waals surface area contributed by atoms with Crippen LogP contribution in [0.15, 0.2) is 53.1 Å². The largest absolute Gasteiger partial charge is 0.497 e. The summed E-state index contributed by atoms with van der Waals surface area (Å²) in [7, 11) is 1.62. The Morgan fingerprint density at radius 1 is 1.14 bits per heavy atom. The normalized spacial score (nSPS) is 19.1. The fraction of sp³-hybridized carbons (Fsp3) is 0.304. The maximum atomic E-state index is 13.0. The third-order valence-corrected chi connectivity index (χ3v) is 6.82. The zero-order valence-corrected chi connectivity index (χ0v) is 17.6. The lowest BCUT2D eigenvalue weighted by Gasteiger charge is -2.42. The smallest absolute Gasteiger partial charge is 0.229 e. The number of fused-ring (bicyclic) bond motifs is 1. The molecule has 5 nitrogen and oxygen atoms in total. The number of nitriles is 1. The third-order valence-electron chi connectivity index (χ3n) is 5.67. The van der Waals surface area contributed by atoms with Crippen molar-refractivity contribution in [1.29, 1.82) is 5.26 Å². The van der Waals surface area contributed by atoms with Crippen LogP contribution in [0.1, 0.15) is 29.0 Å². The van der Waals surface area contributed by atoms with E-state index in [-0.39, 0.29) is 11.8 Å². The zero-order chi connectivity index (χ0) is 20.5. The van der Waals surface area contributed by atoms with Gasteiger partial charge in [-0.15, -0.1) is 0 Å². The van der Waals surface area contributed by atoms with Crippen LogP contribution in [0.25, 0.3) is 0 Å². The molecule has 0 aliphatic carbocycles. The summed E-state index contributed by atoms with van der Waals surface area (Å²) in [5.41, 5.74) is 5.24. The van der Waals surface area contributed by atoms with Gasteiger partial charge in [0.05, 0.1) is 36.3 Å². The first-order valence-corrected chi connectivity index (χ1v) is 10.5. The molecule has 6 heteroatoms. The molecule has 2 aromatic carbocycles. The number of nitrogens with zero attached hydrogens (tertiary/aromatic N) is 3. The van der Waals surface area contributed by atoms with Gasteiger partial charge in [0.1, 0.15) is 5.75 Å². The van der Waals surface area contributed by atoms with Crippen LogP contribution < -0.4 is 9.64 Å². The number of carbonyl (C=O) groups excluding carboxylic acids is 1. The maximum absolute atomic E-state index is 13.0. The number of ether oxygens (including phenoxy) is 1. The predicted molar refractivity (Wildman–Crippen MR) is 116 cm³/mol. The molecular formula is C23H23N3O2S. The number of thioether (sulfide) groups is 1. The molecule has 1 amide bonds. The van der Waals surface area contributed by atoms with E-state index in [4.69, 9.17) is 4.74 Å². The van der Waals surface area contributed by atoms with Crippen LogP contribution in [0.5, 0.6) is 5.75 Å². The molecule has 148 valence electrons. The van der Waals surface area contributed by atoms with Crippen LogP contribution in [0.3, 0.4) is 0 Å². The van der Waals surface area contributed by atoms with Crippen molar-refractivity contribution in [2.24, 2.45) is 0 Å². The number of benzene rings is 2. The summed E-state index contributed by atoms with van der Waals surface area (Å²) in [6.07, 6.45) is 0.306. The van der Waals surface area contributed by atoms with Crippen LogP contribution in [0.2, 0.25) is 0 Å². The Labute approximate surface area is 175 Å². The monoisotopic (exact) mass is 405 g/mol. The standard InChI is InChI=1S/C23H23N3O2S/c1-15-4-7-18(10-16(15)2)25-13-26-22(27)11-20(21(12-24)23(26)29-14-25)17-5-8-19(28-3)9-6-17/h4-10,20H,11,13-14H2,1-3H3. The van der Waals surface area contributed by atoms with Gasteiger partial charge in [-0.05, 0) is 54.8 Å². The first kappa shape index (κ1) is 19.4. The van der Waals surface area contributed by atoms with Gasteiger partial charge in [-0.25, -0.2) is 0 Å². The molecule has 2 heterocycles. The van der Waals surface area contributed by atoms with E-state index in [9.17, 15) is 10.1 Å². The topological polar surface area (TPSA) is 56.6 Å². The fourth-order valence-electron chi connectivity index (χ4n) is 3.77. The Bertz CT molecular complexity index is 1020. The van der Waals surface area contributed by atoms with Crippen molar-refractivity contribution in [2.45, 2.75) is 26.2 Å². The minimum Gasteiger partial charge on any atom is -0.497 e. The summed E-state index contributed by atoms with van der Waals surface area (Å²) in [6.45, 7) is 4.67. The van der Waals surface area contributed by atoms with Crippen molar-refractivity contribution in [3.63, 3.8) is 0 Å². The summed E-state index contributed by atoms with van der Waals surface area (Å²) in [5, 5.41) is 10.7. The summed E-state index contributed by atoms with van der Waals surface area (Å²) in [6, 6.07) is 16.4. The second-order valence-electron chi connectivity index (χ2n) is 7.41. The summed E-state index contributed by atoms with van der Waals surface area (Å²) < 4.78 is 5.22. The first-order chi connectivity index (χ1) is 14.0. The molecule has 0 spiro atoms. The molecule has 2 aromatic rings. The van der Waals surface area contributed by atoms with Gasteiger partial charge in [-0.3, -0.25) is 9.69 Å². The summed E-state index contributed by atoms with van der Waals surface area (Å²) in [5.74, 6) is 1.33. The first-order valence-electron chi connectivity index (χ1n) is 9.55. The van der Waals surface area contributed by atoms with Crippen LogP contribution in [0, 0.1) is 25.2 Å². The molecule has 0 bridgehead atoms. The zero-order valence-electron chi connectivity index (χ0n) is 16.8. The van der Waals surface area contributed by atoms with Crippen molar-refractivity contribution in [1.82, 2.24) is 4.90 Å². The molecule has 0 radical (unpaired) electrons. The lowest BCUT2D eigenvalue weighted by atomic mass is 9.86. The fourth-order valence-corrected chi connectivity index (χ4v) is 4.94. The number of methoxy groups -OCH3 is 1. The average molecular weight is 406 g/mol. The van der Waals surface area contributed by atoms with Gasteiger partial charge in [-0.2, -0.15) is 5.26 Å². The van der Waals surface area contributed by atoms with Crippen LogP contribution in [-0.4, -0.2) is 30.5 Å². The highest BCUT2D eigenvalue weighted by molar-refractivity contribution is 8.03. The molecule has 1 saturated heterocycles. The van der Waals surface area contributed by atoms with E-state index in [1.54, 1.807) is 23.8 Å². The molecule has 0 saturated carbocycles. The van der Waals surface area contributed by atoms with Gasteiger partial charge in [0.15, 0.2) is 0 Å². The van der Waals surface area contributed by atoms with E-state index in [0.29, 0.717) is 24.5 Å². The van der Waals surface area contributed by atoms with E-state index in [0.717, 1.165) is 22.0 Å². The van der Waals surface area contributed by atoms with Crippen LogP contribution in [0.4, 0.5) is 5.69 Å². The van der Waals surface area contributed by atoms with Gasteiger partial charge in [-0.1, -0.05) is 30.0 Å². The average Bonchev–Trinajstić information content (AvgIpc) is 2.75. The Hall–Kier alpha value is -2.91. The van der Waals surface area contributed by atoms with E-state index >= 15 is 0 Å². The second-order valence-corrected chi connectivity index (χ2v) is 8.34. The lowest BCUT2D eigenvalue weighted by molar-refractivity contribution is -0.129. The molecule has 1 atom stereocenters. The van der Waals surface area contributed by atoms with Crippen molar-refractivity contribution in [3.8, 4) is 11.8 Å². The van der Waals surface area contributed by atoms with E-state index < -0.39 is 0 Å². The number of carbonyl (C=O) groups is 1. The van der Waals surface area contributed by atoms with Gasteiger partial charge >= 0.3 is 0 Å². The predicted octanol–water partition coefficient (Wildman–Crippen LogP) is 4.53. The summed E-state index contributed by atoms with van der Waals surface area (Å²) in [4.78, 5) is 17.0. The third kappa shape index (κ3) is 3.58. The number of hydrogen-bond donors (Lipinski definition) is 0. The number of rotatable bonds is 3. The minimum absolute atomic E-state index is 0.0563. The Morgan fingerprint density at radius 2 is 1.90 bits per heavy atom. The Balaban J connectivity index is 1.64. The van der Waals surface area contributed by atoms with E-state index in [1.807, 2.05) is 24.3 Å². The van der Waals surface area contributed by atoms with Crippen LogP contribution >= 0.6 is 11.8 Å². The van der Waals surface area contributed by atoms with Crippen molar-refractivity contribution >= 4 is 23.4 Å². The van der Waals surface area contributed by atoms with E-state index in [2.05, 4.69) is 43.0 Å². The second kappa shape index (κ2) is 7.84. The van der Waals surface area contributed by atoms with Gasteiger partial charge in [0, 0.05) is 18.0 Å². The lowest BCUT2D eigenvalue weighted by Crippen LogP contribution is -2.47. The molecular weight excluding hydrogens is 382 g/mol. The number of hydrogen-bond acceptors (Lipinski definition) is 5. The Morgan fingerprint density at radius 3 is 2.55 bits per heavy atom. The SMILES string of the molecule is COc1ccc(C2CC(=O)N3CN(c4ccc(C)c(C)c4)CSC3=C2C#N)cc1. The number of amides is 1. The molecule has 29 heavy (non-hydrogen) atoms. The molecule has 0 N–H and O–H groups in total. The van der Waals surface area contributed by atoms with Crippen LogP contribution in [-0.2, 0) is 4.79 Å². The highest BCUT2D eigenvalue weighted by Crippen LogP contribution is 2.43. The number of aryl methyl sites for hydroxylation is 2. The molecule has 2 aliphatic rings. The highest BCUT2D eigenvalue weighted by Gasteiger charge is 2.38. The van der Waals surface area contributed by atoms with E-state index in [1.165, 1.54) is 11.1 Å². The van der Waals surface area contributed by atoms with Gasteiger partial charge in [0.25, 0.3) is 0 Å². The molecule has 4 rings (SSSR count). The minimum atomic E-state index is -0.203. The summed E-state index contributed by atoms with van der Waals surface area (Å²) >= 11 is 1.57. The quantitative estimate of drug-likeness (QED) is 0.751. The molecule has 1 fully saturated rings. The molecule has 0 aromatic heterocycles. The Kier molecular flexibility index (Phi) is 5.25. The highest BCUT2D eigenvalue weighted by atomic mass is 32.2. The maximum Gasteiger partial charge on any atom is 0.229 e.